The zero-order valence-corrected chi connectivity index (χ0v) is 12.4. The molecule has 0 spiro atoms. The number of rotatable bonds is 5. The van der Waals surface area contributed by atoms with Crippen molar-refractivity contribution in [2.45, 2.75) is 12.5 Å². The Labute approximate surface area is 120 Å². The van der Waals surface area contributed by atoms with Gasteiger partial charge in [0.2, 0.25) is 0 Å². The van der Waals surface area contributed by atoms with Gasteiger partial charge in [-0.2, -0.15) is 0 Å². The first-order chi connectivity index (χ1) is 9.54. The van der Waals surface area contributed by atoms with Gasteiger partial charge >= 0.3 is 0 Å². The number of benzene rings is 1. The van der Waals surface area contributed by atoms with Crippen LogP contribution in [-0.4, -0.2) is 62.0 Å². The lowest BCUT2D eigenvalue weighted by molar-refractivity contribution is 0.0257. The molecule has 1 aromatic carbocycles. The van der Waals surface area contributed by atoms with Gasteiger partial charge in [-0.05, 0) is 19.1 Å². The largest absolute Gasteiger partial charge is 0.497 e. The minimum Gasteiger partial charge on any atom is -0.497 e. The maximum Gasteiger partial charge on any atom is 0.120 e. The van der Waals surface area contributed by atoms with Crippen LogP contribution in [-0.2, 0) is 0 Å². The minimum atomic E-state index is -0.794. The first-order valence-electron chi connectivity index (χ1n) is 7.08. The molecule has 1 atom stereocenters. The quantitative estimate of drug-likeness (QED) is 0.823. The molecule has 3 N–H and O–H groups in total. The Morgan fingerprint density at radius 2 is 2.00 bits per heavy atom. The molecular formula is C15H25N3O2. The van der Waals surface area contributed by atoms with Crippen molar-refractivity contribution in [2.75, 3.05) is 51.3 Å². The predicted molar refractivity (Wildman–Crippen MR) is 81.3 cm³/mol. The van der Waals surface area contributed by atoms with Crippen LogP contribution < -0.4 is 15.4 Å². The molecular weight excluding hydrogens is 254 g/mol. The maximum atomic E-state index is 10.0. The normalized spacial score (nSPS) is 19.7. The summed E-state index contributed by atoms with van der Waals surface area (Å²) in [5.74, 6) is 0.885. The molecule has 1 aliphatic rings. The van der Waals surface area contributed by atoms with Crippen molar-refractivity contribution in [3.05, 3.63) is 24.3 Å². The number of hydrogen-bond acceptors (Lipinski definition) is 5. The molecule has 0 bridgehead atoms. The second-order valence-corrected chi connectivity index (χ2v) is 5.67. The lowest BCUT2D eigenvalue weighted by Gasteiger charge is -2.39. The fraction of sp³-hybridized carbons (Fsp3) is 0.600. The van der Waals surface area contributed by atoms with Gasteiger partial charge in [-0.15, -0.1) is 0 Å². The molecule has 0 radical (unpaired) electrons. The number of aliphatic hydroxyl groups is 1. The number of ether oxygens (including phenoxy) is 1. The monoisotopic (exact) mass is 279 g/mol. The van der Waals surface area contributed by atoms with Crippen LogP contribution in [0.1, 0.15) is 6.92 Å². The molecule has 1 unspecified atom stereocenters. The van der Waals surface area contributed by atoms with Gasteiger partial charge in [-0.1, -0.05) is 6.07 Å². The number of anilines is 1. The Morgan fingerprint density at radius 3 is 2.60 bits per heavy atom. The summed E-state index contributed by atoms with van der Waals surface area (Å²) >= 11 is 0. The van der Waals surface area contributed by atoms with Gasteiger partial charge in [0.25, 0.3) is 0 Å². The highest BCUT2D eigenvalue weighted by molar-refractivity contribution is 5.51. The van der Waals surface area contributed by atoms with E-state index in [0.717, 1.165) is 31.9 Å². The summed E-state index contributed by atoms with van der Waals surface area (Å²) in [6.45, 7) is 6.50. The van der Waals surface area contributed by atoms with E-state index < -0.39 is 5.60 Å². The number of β-amino-alcohol motifs (C(OH)–C–C–N with tert-alkyl or cyclic N) is 1. The zero-order valence-electron chi connectivity index (χ0n) is 12.4. The highest BCUT2D eigenvalue weighted by atomic mass is 16.5. The molecule has 1 saturated heterocycles. The zero-order chi connectivity index (χ0) is 14.6. The van der Waals surface area contributed by atoms with E-state index in [1.54, 1.807) is 14.0 Å². The van der Waals surface area contributed by atoms with E-state index in [9.17, 15) is 5.11 Å². The third-order valence-corrected chi connectivity index (χ3v) is 3.79. The molecule has 2 rings (SSSR count). The molecule has 1 fully saturated rings. The number of nitrogens with two attached hydrogens (primary N) is 1. The third-order valence-electron chi connectivity index (χ3n) is 3.79. The molecule has 5 heteroatoms. The van der Waals surface area contributed by atoms with Gasteiger partial charge in [0.05, 0.1) is 12.7 Å². The molecule has 1 heterocycles. The van der Waals surface area contributed by atoms with E-state index in [1.165, 1.54) is 5.69 Å². The fourth-order valence-corrected chi connectivity index (χ4v) is 2.52. The molecule has 0 aliphatic carbocycles. The fourth-order valence-electron chi connectivity index (χ4n) is 2.52. The average Bonchev–Trinajstić information content (AvgIpc) is 2.48. The topological polar surface area (TPSA) is 62.0 Å². The first kappa shape index (κ1) is 15.1. The lowest BCUT2D eigenvalue weighted by atomic mass is 10.1. The van der Waals surface area contributed by atoms with Crippen LogP contribution in [0.3, 0.4) is 0 Å². The molecule has 1 aliphatic heterocycles. The molecule has 112 valence electrons. The van der Waals surface area contributed by atoms with Gasteiger partial charge in [-0.25, -0.2) is 0 Å². The van der Waals surface area contributed by atoms with E-state index in [2.05, 4.69) is 21.9 Å². The van der Waals surface area contributed by atoms with Gasteiger partial charge in [0, 0.05) is 51.0 Å². The van der Waals surface area contributed by atoms with Crippen molar-refractivity contribution >= 4 is 5.69 Å². The Hall–Kier alpha value is -1.30. The summed E-state index contributed by atoms with van der Waals surface area (Å²) < 4.78 is 5.26. The van der Waals surface area contributed by atoms with Crippen LogP contribution in [0.4, 0.5) is 5.69 Å². The highest BCUT2D eigenvalue weighted by Gasteiger charge is 2.25. The van der Waals surface area contributed by atoms with Crippen LogP contribution in [0.25, 0.3) is 0 Å². The Balaban J connectivity index is 1.90. The number of methoxy groups -OCH3 is 1. The van der Waals surface area contributed by atoms with E-state index in [-0.39, 0.29) is 0 Å². The first-order valence-corrected chi connectivity index (χ1v) is 7.08. The van der Waals surface area contributed by atoms with Crippen LogP contribution in [0.15, 0.2) is 24.3 Å². The SMILES string of the molecule is COc1cccc(N2CCN(CC(C)(O)CN)CC2)c1. The maximum absolute atomic E-state index is 10.0. The Bertz CT molecular complexity index is 429. The van der Waals surface area contributed by atoms with Gasteiger partial charge in [0.1, 0.15) is 5.75 Å². The minimum absolute atomic E-state index is 0.295. The van der Waals surface area contributed by atoms with E-state index in [0.29, 0.717) is 13.1 Å². The summed E-state index contributed by atoms with van der Waals surface area (Å²) in [5.41, 5.74) is 5.97. The van der Waals surface area contributed by atoms with E-state index in [1.807, 2.05) is 12.1 Å². The van der Waals surface area contributed by atoms with Crippen molar-refractivity contribution in [1.82, 2.24) is 4.90 Å². The van der Waals surface area contributed by atoms with Crippen LogP contribution in [0, 0.1) is 0 Å². The van der Waals surface area contributed by atoms with E-state index in [4.69, 9.17) is 10.5 Å². The summed E-state index contributed by atoms with van der Waals surface area (Å²) in [7, 11) is 1.69. The number of nitrogens with zero attached hydrogens (tertiary/aromatic N) is 2. The van der Waals surface area contributed by atoms with Crippen LogP contribution in [0.5, 0.6) is 5.75 Å². The Morgan fingerprint density at radius 1 is 1.30 bits per heavy atom. The molecule has 0 amide bonds. The summed E-state index contributed by atoms with van der Waals surface area (Å²) in [4.78, 5) is 4.61. The van der Waals surface area contributed by atoms with E-state index >= 15 is 0 Å². The van der Waals surface area contributed by atoms with Crippen LogP contribution >= 0.6 is 0 Å². The summed E-state index contributed by atoms with van der Waals surface area (Å²) in [5, 5.41) is 10.0. The molecule has 0 aromatic heterocycles. The van der Waals surface area contributed by atoms with Gasteiger partial charge < -0.3 is 20.5 Å². The average molecular weight is 279 g/mol. The summed E-state index contributed by atoms with van der Waals surface area (Å²) in [6, 6.07) is 8.14. The molecule has 20 heavy (non-hydrogen) atoms. The summed E-state index contributed by atoms with van der Waals surface area (Å²) in [6.07, 6.45) is 0. The van der Waals surface area contributed by atoms with Gasteiger partial charge in [-0.3, -0.25) is 4.90 Å². The smallest absolute Gasteiger partial charge is 0.120 e. The molecule has 1 aromatic rings. The van der Waals surface area contributed by atoms with Gasteiger partial charge in [0.15, 0.2) is 0 Å². The number of piperazine rings is 1. The van der Waals surface area contributed by atoms with Crippen molar-refractivity contribution in [3.63, 3.8) is 0 Å². The van der Waals surface area contributed by atoms with Crippen molar-refractivity contribution in [2.24, 2.45) is 5.73 Å². The highest BCUT2D eigenvalue weighted by Crippen LogP contribution is 2.22. The third kappa shape index (κ3) is 3.85. The van der Waals surface area contributed by atoms with Crippen LogP contribution in [0.2, 0.25) is 0 Å². The van der Waals surface area contributed by atoms with Crippen molar-refractivity contribution < 1.29 is 9.84 Å². The lowest BCUT2D eigenvalue weighted by Crippen LogP contribution is -2.53. The second-order valence-electron chi connectivity index (χ2n) is 5.67. The van der Waals surface area contributed by atoms with Crippen molar-refractivity contribution in [3.8, 4) is 5.75 Å². The molecule has 0 saturated carbocycles. The predicted octanol–water partition coefficient (Wildman–Crippen LogP) is 0.527. The van der Waals surface area contributed by atoms with Crippen molar-refractivity contribution in [1.29, 1.82) is 0 Å². The Kier molecular flexibility index (Phi) is 4.86. The second kappa shape index (κ2) is 6.43. The number of hydrogen-bond donors (Lipinski definition) is 2. The standard InChI is InChI=1S/C15H25N3O2/c1-15(19,11-16)12-17-6-8-18(9-7-17)13-4-3-5-14(10-13)20-2/h3-5,10,19H,6-9,11-12,16H2,1-2H3. The molecule has 5 nitrogen and oxygen atoms in total.